The Bertz CT molecular complexity index is 747. The first-order chi connectivity index (χ1) is 11.7. The molecular formula is C19H20INO3. The lowest BCUT2D eigenvalue weighted by atomic mass is 10.0. The molecule has 0 bridgehead atoms. The number of hydrogen-bond donors (Lipinski definition) is 0. The van der Waals surface area contributed by atoms with E-state index in [0.717, 1.165) is 45.6 Å². The molecule has 4 nitrogen and oxygen atoms in total. The second-order valence-electron chi connectivity index (χ2n) is 5.74. The van der Waals surface area contributed by atoms with Gasteiger partial charge in [-0.05, 0) is 65.8 Å². The van der Waals surface area contributed by atoms with Gasteiger partial charge in [0.05, 0.1) is 25.8 Å². The van der Waals surface area contributed by atoms with Crippen molar-refractivity contribution in [1.82, 2.24) is 4.90 Å². The molecule has 1 saturated heterocycles. The van der Waals surface area contributed by atoms with Gasteiger partial charge in [0.2, 0.25) is 0 Å². The van der Waals surface area contributed by atoms with E-state index in [-0.39, 0.29) is 11.9 Å². The highest BCUT2D eigenvalue weighted by atomic mass is 127. The number of rotatable bonds is 4. The van der Waals surface area contributed by atoms with Crippen LogP contribution in [-0.2, 0) is 0 Å². The summed E-state index contributed by atoms with van der Waals surface area (Å²) in [7, 11) is 3.31. The van der Waals surface area contributed by atoms with Crippen LogP contribution in [-0.4, -0.2) is 31.6 Å². The largest absolute Gasteiger partial charge is 0.497 e. The van der Waals surface area contributed by atoms with Gasteiger partial charge in [0.25, 0.3) is 5.91 Å². The van der Waals surface area contributed by atoms with Crippen LogP contribution >= 0.6 is 22.6 Å². The van der Waals surface area contributed by atoms with Crippen LogP contribution in [0.3, 0.4) is 0 Å². The van der Waals surface area contributed by atoms with Crippen LogP contribution in [0.1, 0.15) is 34.8 Å². The molecule has 1 atom stereocenters. The number of amides is 1. The molecule has 1 unspecified atom stereocenters. The second-order valence-corrected chi connectivity index (χ2v) is 6.91. The Labute approximate surface area is 155 Å². The lowest BCUT2D eigenvalue weighted by Crippen LogP contribution is -2.31. The van der Waals surface area contributed by atoms with Crippen molar-refractivity contribution >= 4 is 28.5 Å². The molecule has 1 aliphatic rings. The summed E-state index contributed by atoms with van der Waals surface area (Å²) in [6.45, 7) is 0.759. The number of ether oxygens (including phenoxy) is 2. The van der Waals surface area contributed by atoms with Crippen LogP contribution in [0.5, 0.6) is 11.5 Å². The fraction of sp³-hybridized carbons (Fsp3) is 0.316. The Hall–Kier alpha value is -1.76. The fourth-order valence-electron chi connectivity index (χ4n) is 3.22. The van der Waals surface area contributed by atoms with Crippen molar-refractivity contribution in [3.05, 3.63) is 57.2 Å². The molecular weight excluding hydrogens is 417 g/mol. The van der Waals surface area contributed by atoms with E-state index in [4.69, 9.17) is 9.47 Å². The van der Waals surface area contributed by atoms with Crippen LogP contribution in [0.25, 0.3) is 0 Å². The van der Waals surface area contributed by atoms with Gasteiger partial charge in [0, 0.05) is 15.7 Å². The Morgan fingerprint density at radius 1 is 1.17 bits per heavy atom. The molecule has 1 heterocycles. The summed E-state index contributed by atoms with van der Waals surface area (Å²) in [6, 6.07) is 13.5. The molecule has 2 aromatic carbocycles. The second kappa shape index (κ2) is 7.42. The van der Waals surface area contributed by atoms with Crippen molar-refractivity contribution in [2.45, 2.75) is 18.9 Å². The molecule has 126 valence electrons. The van der Waals surface area contributed by atoms with E-state index in [1.807, 2.05) is 47.4 Å². The lowest BCUT2D eigenvalue weighted by molar-refractivity contribution is 0.0733. The van der Waals surface area contributed by atoms with Gasteiger partial charge in [-0.2, -0.15) is 0 Å². The van der Waals surface area contributed by atoms with Crippen molar-refractivity contribution < 1.29 is 14.3 Å². The predicted molar refractivity (Wildman–Crippen MR) is 102 cm³/mol. The standard InChI is InChI=1S/C19H20INO3/c1-23-13-9-10-18(24-2)15(12-13)17-8-5-11-21(17)19(22)14-6-3-4-7-16(14)20/h3-4,6-7,9-10,12,17H,5,8,11H2,1-2H3. The van der Waals surface area contributed by atoms with Gasteiger partial charge < -0.3 is 14.4 Å². The Balaban J connectivity index is 1.97. The molecule has 24 heavy (non-hydrogen) atoms. The van der Waals surface area contributed by atoms with Gasteiger partial charge in [-0.15, -0.1) is 0 Å². The van der Waals surface area contributed by atoms with E-state index in [1.165, 1.54) is 0 Å². The van der Waals surface area contributed by atoms with Gasteiger partial charge >= 0.3 is 0 Å². The van der Waals surface area contributed by atoms with Crippen LogP contribution in [0.15, 0.2) is 42.5 Å². The summed E-state index contributed by atoms with van der Waals surface area (Å²) in [5.41, 5.74) is 1.76. The van der Waals surface area contributed by atoms with Crippen LogP contribution in [0.4, 0.5) is 0 Å². The minimum atomic E-state index is 0.0126. The Morgan fingerprint density at radius 2 is 1.96 bits per heavy atom. The zero-order chi connectivity index (χ0) is 17.1. The minimum Gasteiger partial charge on any atom is -0.497 e. The van der Waals surface area contributed by atoms with Crippen molar-refractivity contribution in [2.75, 3.05) is 20.8 Å². The first-order valence-electron chi connectivity index (χ1n) is 7.93. The van der Waals surface area contributed by atoms with E-state index in [1.54, 1.807) is 14.2 Å². The van der Waals surface area contributed by atoms with Crippen LogP contribution < -0.4 is 9.47 Å². The summed E-state index contributed by atoms with van der Waals surface area (Å²) >= 11 is 2.22. The number of halogens is 1. The highest BCUT2D eigenvalue weighted by Gasteiger charge is 2.33. The van der Waals surface area contributed by atoms with Crippen molar-refractivity contribution in [3.63, 3.8) is 0 Å². The van der Waals surface area contributed by atoms with Gasteiger partial charge in [-0.1, -0.05) is 12.1 Å². The lowest BCUT2D eigenvalue weighted by Gasteiger charge is -2.27. The van der Waals surface area contributed by atoms with Crippen molar-refractivity contribution in [2.24, 2.45) is 0 Å². The molecule has 0 aliphatic carbocycles. The molecule has 3 rings (SSSR count). The van der Waals surface area contributed by atoms with Gasteiger partial charge in [0.15, 0.2) is 0 Å². The number of hydrogen-bond acceptors (Lipinski definition) is 3. The number of nitrogens with zero attached hydrogens (tertiary/aromatic N) is 1. The summed E-state index contributed by atoms with van der Waals surface area (Å²) in [5.74, 6) is 1.65. The molecule has 0 radical (unpaired) electrons. The first kappa shape index (κ1) is 17.1. The van der Waals surface area contributed by atoms with Gasteiger partial charge in [0.1, 0.15) is 11.5 Å². The van der Waals surface area contributed by atoms with Crippen molar-refractivity contribution in [1.29, 1.82) is 0 Å². The summed E-state index contributed by atoms with van der Waals surface area (Å²) in [5, 5.41) is 0. The molecule has 0 spiro atoms. The summed E-state index contributed by atoms with van der Waals surface area (Å²) < 4.78 is 11.8. The Kier molecular flexibility index (Phi) is 5.28. The molecule has 1 aliphatic heterocycles. The van der Waals surface area contributed by atoms with E-state index >= 15 is 0 Å². The maximum Gasteiger partial charge on any atom is 0.255 e. The molecule has 5 heteroatoms. The highest BCUT2D eigenvalue weighted by Crippen LogP contribution is 2.39. The zero-order valence-corrected chi connectivity index (χ0v) is 15.9. The minimum absolute atomic E-state index is 0.0126. The maximum absolute atomic E-state index is 13.1. The number of methoxy groups -OCH3 is 2. The molecule has 1 amide bonds. The maximum atomic E-state index is 13.1. The third-order valence-corrected chi connectivity index (χ3v) is 5.35. The summed E-state index contributed by atoms with van der Waals surface area (Å²) in [6.07, 6.45) is 1.92. The van der Waals surface area contributed by atoms with Crippen LogP contribution in [0.2, 0.25) is 0 Å². The average molecular weight is 437 g/mol. The highest BCUT2D eigenvalue weighted by molar-refractivity contribution is 14.1. The van der Waals surface area contributed by atoms with Crippen LogP contribution in [0, 0.1) is 3.57 Å². The number of likely N-dealkylation sites (tertiary alicyclic amines) is 1. The van der Waals surface area contributed by atoms with E-state index in [0.29, 0.717) is 0 Å². The normalized spacial score (nSPS) is 17.0. The quantitative estimate of drug-likeness (QED) is 0.671. The van der Waals surface area contributed by atoms with E-state index in [9.17, 15) is 4.79 Å². The smallest absolute Gasteiger partial charge is 0.255 e. The number of benzene rings is 2. The topological polar surface area (TPSA) is 38.8 Å². The monoisotopic (exact) mass is 437 g/mol. The third-order valence-electron chi connectivity index (χ3n) is 4.41. The summed E-state index contributed by atoms with van der Waals surface area (Å²) in [4.78, 5) is 15.0. The van der Waals surface area contributed by atoms with E-state index in [2.05, 4.69) is 22.6 Å². The fourth-order valence-corrected chi connectivity index (χ4v) is 3.84. The molecule has 1 fully saturated rings. The average Bonchev–Trinajstić information content (AvgIpc) is 3.10. The molecule has 2 aromatic rings. The number of carbonyl (C=O) groups is 1. The van der Waals surface area contributed by atoms with Gasteiger partial charge in [-0.25, -0.2) is 0 Å². The number of carbonyl (C=O) groups excluding carboxylic acids is 1. The molecule has 0 aromatic heterocycles. The SMILES string of the molecule is COc1ccc(OC)c(C2CCCN2C(=O)c2ccccc2I)c1. The first-order valence-corrected chi connectivity index (χ1v) is 9.01. The van der Waals surface area contributed by atoms with E-state index < -0.39 is 0 Å². The molecule has 0 saturated carbocycles. The van der Waals surface area contributed by atoms with Crippen molar-refractivity contribution in [3.8, 4) is 11.5 Å². The third kappa shape index (κ3) is 3.22. The van der Waals surface area contributed by atoms with Gasteiger partial charge in [-0.3, -0.25) is 4.79 Å². The predicted octanol–water partition coefficient (Wildman–Crippen LogP) is 4.29. The Morgan fingerprint density at radius 3 is 2.67 bits per heavy atom. The zero-order valence-electron chi connectivity index (χ0n) is 13.8. The molecule has 0 N–H and O–H groups in total.